The first-order valence-electron chi connectivity index (χ1n) is 5.71. The number of alkyl halides is 3. The molecule has 108 valence electrons. The van der Waals surface area contributed by atoms with Crippen LogP contribution in [0.25, 0.3) is 22.4 Å². The Balaban J connectivity index is 2.18. The van der Waals surface area contributed by atoms with Crippen LogP contribution < -0.4 is 0 Å². The van der Waals surface area contributed by atoms with Crippen LogP contribution in [-0.2, 0) is 6.18 Å². The highest BCUT2D eigenvalue weighted by molar-refractivity contribution is 7.71. The summed E-state index contributed by atoms with van der Waals surface area (Å²) in [7, 11) is 0. The number of halogens is 4. The van der Waals surface area contributed by atoms with Crippen LogP contribution >= 0.6 is 12.2 Å². The summed E-state index contributed by atoms with van der Waals surface area (Å²) in [6.07, 6.45) is -4.58. The molecule has 0 aliphatic heterocycles. The lowest BCUT2D eigenvalue weighted by molar-refractivity contribution is -0.141. The largest absolute Gasteiger partial charge is 0.454 e. The minimum Gasteiger partial charge on any atom is -0.454 e. The van der Waals surface area contributed by atoms with Crippen LogP contribution in [0.15, 0.2) is 34.7 Å². The van der Waals surface area contributed by atoms with Crippen molar-refractivity contribution in [2.75, 3.05) is 0 Å². The second-order valence-electron chi connectivity index (χ2n) is 4.28. The number of aromatic amines is 1. The molecule has 0 radical (unpaired) electrons. The predicted molar refractivity (Wildman–Crippen MR) is 69.6 cm³/mol. The van der Waals surface area contributed by atoms with E-state index in [0.717, 1.165) is 6.07 Å². The molecular weight excluding hydrogens is 308 g/mol. The molecule has 3 aromatic rings. The van der Waals surface area contributed by atoms with Crippen molar-refractivity contribution in [3.8, 4) is 11.5 Å². The number of fused-ring (bicyclic) bond motifs is 1. The van der Waals surface area contributed by atoms with Crippen molar-refractivity contribution >= 4 is 23.2 Å². The third kappa shape index (κ3) is 2.66. The van der Waals surface area contributed by atoms with E-state index in [1.54, 1.807) is 0 Å². The SMILES string of the molecule is Fc1ccc2oc(-c3cc(C(F)(F)F)[nH]c(=S)n3)cc2c1. The maximum atomic E-state index is 13.1. The van der Waals surface area contributed by atoms with Crippen molar-refractivity contribution in [1.82, 2.24) is 9.97 Å². The third-order valence-corrected chi connectivity index (χ3v) is 2.97. The molecule has 0 fully saturated rings. The normalized spacial score (nSPS) is 12.0. The van der Waals surface area contributed by atoms with Gasteiger partial charge in [-0.2, -0.15) is 13.2 Å². The summed E-state index contributed by atoms with van der Waals surface area (Å²) in [4.78, 5) is 5.78. The van der Waals surface area contributed by atoms with Crippen LogP contribution in [0, 0.1) is 10.6 Å². The van der Waals surface area contributed by atoms with Crippen molar-refractivity contribution in [3.63, 3.8) is 0 Å². The molecule has 21 heavy (non-hydrogen) atoms. The van der Waals surface area contributed by atoms with Gasteiger partial charge in [-0.15, -0.1) is 0 Å². The summed E-state index contributed by atoms with van der Waals surface area (Å²) < 4.78 is 56.4. The summed E-state index contributed by atoms with van der Waals surface area (Å²) in [5, 5.41) is 0.430. The molecule has 0 aliphatic carbocycles. The van der Waals surface area contributed by atoms with E-state index < -0.39 is 17.7 Å². The molecule has 0 amide bonds. The first kappa shape index (κ1) is 13.7. The number of benzene rings is 1. The fourth-order valence-corrected chi connectivity index (χ4v) is 2.09. The maximum absolute atomic E-state index is 13.1. The standard InChI is InChI=1S/C13H6F4N2OS/c14-7-1-2-9-6(3-7)4-10(20-9)8-5-11(13(15,16)17)19-12(21)18-8/h1-5H,(H,18,19,21). The Bertz CT molecular complexity index is 882. The molecule has 0 atom stereocenters. The lowest BCUT2D eigenvalue weighted by atomic mass is 10.2. The average Bonchev–Trinajstić information content (AvgIpc) is 2.80. The molecule has 2 aromatic heterocycles. The van der Waals surface area contributed by atoms with Crippen LogP contribution in [0.2, 0.25) is 0 Å². The molecule has 3 rings (SSSR count). The van der Waals surface area contributed by atoms with Crippen LogP contribution in [0.4, 0.5) is 17.6 Å². The van der Waals surface area contributed by atoms with Gasteiger partial charge in [-0.05, 0) is 42.5 Å². The smallest absolute Gasteiger partial charge is 0.431 e. The van der Waals surface area contributed by atoms with E-state index >= 15 is 0 Å². The van der Waals surface area contributed by atoms with Crippen molar-refractivity contribution in [2.45, 2.75) is 6.18 Å². The molecule has 2 heterocycles. The first-order valence-corrected chi connectivity index (χ1v) is 6.12. The fraction of sp³-hybridized carbons (Fsp3) is 0.0769. The summed E-state index contributed by atoms with van der Waals surface area (Å²) in [5.74, 6) is -0.384. The Morgan fingerprint density at radius 3 is 2.62 bits per heavy atom. The predicted octanol–water partition coefficient (Wildman–Crippen LogP) is 4.71. The minimum absolute atomic E-state index is 0.0670. The second kappa shape index (κ2) is 4.66. The van der Waals surface area contributed by atoms with Gasteiger partial charge in [0.25, 0.3) is 0 Å². The number of furan rings is 1. The number of aromatic nitrogens is 2. The molecule has 0 bridgehead atoms. The topological polar surface area (TPSA) is 41.8 Å². The molecule has 8 heteroatoms. The van der Waals surface area contributed by atoms with Gasteiger partial charge in [-0.25, -0.2) is 9.37 Å². The van der Waals surface area contributed by atoms with Crippen molar-refractivity contribution < 1.29 is 22.0 Å². The number of nitrogens with zero attached hydrogens (tertiary/aromatic N) is 1. The minimum atomic E-state index is -4.58. The highest BCUT2D eigenvalue weighted by Crippen LogP contribution is 2.32. The second-order valence-corrected chi connectivity index (χ2v) is 4.66. The van der Waals surface area contributed by atoms with Gasteiger partial charge in [0.2, 0.25) is 0 Å². The van der Waals surface area contributed by atoms with Gasteiger partial charge in [-0.1, -0.05) is 0 Å². The molecule has 0 saturated heterocycles. The van der Waals surface area contributed by atoms with Crippen molar-refractivity contribution in [3.05, 3.63) is 46.6 Å². The highest BCUT2D eigenvalue weighted by atomic mass is 32.1. The Hall–Kier alpha value is -2.22. The van der Waals surface area contributed by atoms with Crippen molar-refractivity contribution in [2.24, 2.45) is 0 Å². The molecular formula is C13H6F4N2OS. The molecule has 3 nitrogen and oxygen atoms in total. The Labute approximate surface area is 120 Å². The summed E-state index contributed by atoms with van der Waals surface area (Å²) in [5.41, 5.74) is -0.743. The van der Waals surface area contributed by atoms with Gasteiger partial charge in [0.05, 0.1) is 0 Å². The van der Waals surface area contributed by atoms with Gasteiger partial charge in [0.15, 0.2) is 10.5 Å². The van der Waals surface area contributed by atoms with Crippen molar-refractivity contribution in [1.29, 1.82) is 0 Å². The number of nitrogens with one attached hydrogen (secondary N) is 1. The maximum Gasteiger partial charge on any atom is 0.431 e. The summed E-state index contributed by atoms with van der Waals surface area (Å²) in [6, 6.07) is 6.01. The zero-order valence-corrected chi connectivity index (χ0v) is 11.0. The quantitative estimate of drug-likeness (QED) is 0.522. The molecule has 1 N–H and O–H groups in total. The fourth-order valence-electron chi connectivity index (χ4n) is 1.88. The zero-order chi connectivity index (χ0) is 15.2. The van der Waals surface area contributed by atoms with E-state index in [1.807, 2.05) is 4.98 Å². The van der Waals surface area contributed by atoms with Crippen LogP contribution in [0.5, 0.6) is 0 Å². The highest BCUT2D eigenvalue weighted by Gasteiger charge is 2.32. The lowest BCUT2D eigenvalue weighted by Crippen LogP contribution is -2.09. The van der Waals surface area contributed by atoms with Crippen LogP contribution in [0.3, 0.4) is 0 Å². The summed E-state index contributed by atoms with van der Waals surface area (Å²) >= 11 is 4.69. The van der Waals surface area contributed by atoms with Crippen LogP contribution in [0.1, 0.15) is 5.69 Å². The van der Waals surface area contributed by atoms with E-state index in [0.29, 0.717) is 11.0 Å². The molecule has 0 spiro atoms. The molecule has 0 unspecified atom stereocenters. The molecule has 0 aliphatic rings. The Kier molecular flexibility index (Phi) is 3.05. The van der Waals surface area contributed by atoms with E-state index in [4.69, 9.17) is 4.42 Å². The number of hydrogen-bond donors (Lipinski definition) is 1. The van der Waals surface area contributed by atoms with Gasteiger partial charge in [-0.3, -0.25) is 0 Å². The van der Waals surface area contributed by atoms with Gasteiger partial charge >= 0.3 is 6.18 Å². The molecule has 1 aromatic carbocycles. The number of rotatable bonds is 1. The zero-order valence-electron chi connectivity index (χ0n) is 10.2. The Morgan fingerprint density at radius 1 is 1.14 bits per heavy atom. The third-order valence-electron chi connectivity index (χ3n) is 2.78. The van der Waals surface area contributed by atoms with Gasteiger partial charge in [0, 0.05) is 5.39 Å². The first-order chi connectivity index (χ1) is 9.83. The lowest BCUT2D eigenvalue weighted by Gasteiger charge is -2.07. The monoisotopic (exact) mass is 314 g/mol. The summed E-state index contributed by atoms with van der Waals surface area (Å²) in [6.45, 7) is 0. The van der Waals surface area contributed by atoms with E-state index in [1.165, 1.54) is 24.3 Å². The number of hydrogen-bond acceptors (Lipinski definition) is 3. The number of H-pyrrole nitrogens is 1. The van der Waals surface area contributed by atoms with Gasteiger partial charge in [0.1, 0.15) is 22.8 Å². The van der Waals surface area contributed by atoms with E-state index in [9.17, 15) is 17.6 Å². The Morgan fingerprint density at radius 2 is 1.90 bits per heavy atom. The average molecular weight is 314 g/mol. The van der Waals surface area contributed by atoms with Crippen LogP contribution in [-0.4, -0.2) is 9.97 Å². The van der Waals surface area contributed by atoms with Gasteiger partial charge < -0.3 is 9.40 Å². The van der Waals surface area contributed by atoms with E-state index in [-0.39, 0.29) is 16.2 Å². The van der Waals surface area contributed by atoms with E-state index in [2.05, 4.69) is 17.2 Å². The molecule has 0 saturated carbocycles.